The Hall–Kier alpha value is -2.48. The first-order chi connectivity index (χ1) is 14.0. The number of hydrogen-bond acceptors (Lipinski definition) is 6. The van der Waals surface area contributed by atoms with Crippen molar-refractivity contribution in [3.63, 3.8) is 0 Å². The topological polar surface area (TPSA) is 105 Å². The fourth-order valence-corrected chi connectivity index (χ4v) is 6.43. The third-order valence-corrected chi connectivity index (χ3v) is 7.66. The summed E-state index contributed by atoms with van der Waals surface area (Å²) in [6.07, 6.45) is 7.63. The molecule has 0 aliphatic heterocycles. The van der Waals surface area contributed by atoms with E-state index in [1.165, 1.54) is 10.4 Å². The monoisotopic (exact) mass is 413 g/mol. The van der Waals surface area contributed by atoms with Gasteiger partial charge in [-0.1, -0.05) is 5.16 Å². The summed E-state index contributed by atoms with van der Waals surface area (Å²) in [7, 11) is 0. The summed E-state index contributed by atoms with van der Waals surface area (Å²) < 4.78 is 5.44. The SMILES string of the molecule is Cc1noc(-c2c(NC(=O)C3=C(C(=O)O)C4CCC3CC4)sc3c2CCCC3)n1. The van der Waals surface area contributed by atoms with Crippen LogP contribution in [0.25, 0.3) is 11.5 Å². The molecule has 1 amide bonds. The number of carbonyl (C=O) groups excluding carboxylic acids is 1. The maximum absolute atomic E-state index is 13.3. The number of carboxylic acids is 1. The first kappa shape index (κ1) is 18.5. The highest BCUT2D eigenvalue weighted by atomic mass is 32.1. The molecule has 0 radical (unpaired) electrons. The fraction of sp³-hybridized carbons (Fsp3) is 0.524. The van der Waals surface area contributed by atoms with Crippen LogP contribution in [-0.2, 0) is 22.4 Å². The van der Waals surface area contributed by atoms with Crippen LogP contribution in [0.1, 0.15) is 54.8 Å². The predicted octanol–water partition coefficient (Wildman–Crippen LogP) is 4.13. The van der Waals surface area contributed by atoms with Gasteiger partial charge in [-0.2, -0.15) is 4.98 Å². The van der Waals surface area contributed by atoms with Crippen LogP contribution in [0, 0.1) is 18.8 Å². The van der Waals surface area contributed by atoms with Gasteiger partial charge in [-0.05, 0) is 75.7 Å². The second kappa shape index (κ2) is 7.09. The minimum Gasteiger partial charge on any atom is -0.478 e. The van der Waals surface area contributed by atoms with Crippen molar-refractivity contribution in [3.8, 4) is 11.5 Å². The van der Waals surface area contributed by atoms with Crippen molar-refractivity contribution in [2.24, 2.45) is 11.8 Å². The Morgan fingerprint density at radius 3 is 2.45 bits per heavy atom. The Kier molecular flexibility index (Phi) is 4.53. The number of carboxylic acid groups (broad SMARTS) is 1. The zero-order chi connectivity index (χ0) is 20.1. The number of thiophene rings is 1. The highest BCUT2D eigenvalue weighted by Crippen LogP contribution is 2.47. The number of nitrogens with zero attached hydrogens (tertiary/aromatic N) is 2. The first-order valence-electron chi connectivity index (χ1n) is 10.3. The molecule has 4 aliphatic rings. The van der Waals surface area contributed by atoms with E-state index in [1.807, 2.05) is 0 Å². The minimum absolute atomic E-state index is 0.00662. The summed E-state index contributed by atoms with van der Waals surface area (Å²) in [5.41, 5.74) is 2.79. The van der Waals surface area contributed by atoms with Crippen LogP contribution in [0.5, 0.6) is 0 Å². The van der Waals surface area contributed by atoms with Crippen LogP contribution in [0.3, 0.4) is 0 Å². The molecule has 1 saturated carbocycles. The van der Waals surface area contributed by atoms with Crippen molar-refractivity contribution in [1.29, 1.82) is 0 Å². The summed E-state index contributed by atoms with van der Waals surface area (Å²) in [6.45, 7) is 1.77. The lowest BCUT2D eigenvalue weighted by atomic mass is 9.66. The Morgan fingerprint density at radius 2 is 1.79 bits per heavy atom. The Labute approximate surface area is 172 Å². The molecule has 0 aromatic carbocycles. The number of amides is 1. The van der Waals surface area contributed by atoms with Crippen molar-refractivity contribution in [1.82, 2.24) is 10.1 Å². The maximum Gasteiger partial charge on any atom is 0.332 e. The fourth-order valence-electron chi connectivity index (χ4n) is 5.16. The average Bonchev–Trinajstić information content (AvgIpc) is 3.30. The van der Waals surface area contributed by atoms with Gasteiger partial charge in [0.15, 0.2) is 5.82 Å². The van der Waals surface area contributed by atoms with Crippen LogP contribution in [-0.4, -0.2) is 27.1 Å². The van der Waals surface area contributed by atoms with Crippen LogP contribution in [0.15, 0.2) is 15.7 Å². The molecule has 0 atom stereocenters. The van der Waals surface area contributed by atoms with Crippen LogP contribution in [0.2, 0.25) is 0 Å². The summed E-state index contributed by atoms with van der Waals surface area (Å²) in [5.74, 6) is -0.235. The van der Waals surface area contributed by atoms with Crippen molar-refractivity contribution in [2.75, 3.05) is 5.32 Å². The molecule has 2 bridgehead atoms. The smallest absolute Gasteiger partial charge is 0.332 e. The van der Waals surface area contributed by atoms with E-state index in [2.05, 4.69) is 15.5 Å². The molecule has 29 heavy (non-hydrogen) atoms. The van der Waals surface area contributed by atoms with Crippen molar-refractivity contribution in [2.45, 2.75) is 58.3 Å². The summed E-state index contributed by atoms with van der Waals surface area (Å²) >= 11 is 1.56. The van der Waals surface area contributed by atoms with Crippen LogP contribution in [0.4, 0.5) is 5.00 Å². The Morgan fingerprint density at radius 1 is 1.10 bits per heavy atom. The minimum atomic E-state index is -0.956. The molecule has 6 rings (SSSR count). The van der Waals surface area contributed by atoms with Gasteiger partial charge in [0.25, 0.3) is 11.8 Å². The largest absolute Gasteiger partial charge is 0.478 e. The highest BCUT2D eigenvalue weighted by Gasteiger charge is 2.41. The molecule has 8 heteroatoms. The second-order valence-corrected chi connectivity index (χ2v) is 9.30. The molecule has 1 fully saturated rings. The Bertz CT molecular complexity index is 1030. The van der Waals surface area contributed by atoms with E-state index in [0.29, 0.717) is 27.9 Å². The van der Waals surface area contributed by atoms with E-state index in [-0.39, 0.29) is 17.7 Å². The summed E-state index contributed by atoms with van der Waals surface area (Å²) in [4.78, 5) is 30.8. The third-order valence-electron chi connectivity index (χ3n) is 6.45. The highest BCUT2D eigenvalue weighted by molar-refractivity contribution is 7.17. The average molecular weight is 413 g/mol. The number of carbonyl (C=O) groups is 2. The van der Waals surface area contributed by atoms with Crippen molar-refractivity contribution in [3.05, 3.63) is 27.4 Å². The van der Waals surface area contributed by atoms with E-state index in [1.54, 1.807) is 18.3 Å². The number of nitrogens with one attached hydrogen (secondary N) is 1. The molecule has 7 nitrogen and oxygen atoms in total. The van der Waals surface area contributed by atoms with Gasteiger partial charge in [-0.15, -0.1) is 11.3 Å². The van der Waals surface area contributed by atoms with Gasteiger partial charge in [0.1, 0.15) is 5.00 Å². The molecule has 2 aromatic heterocycles. The van der Waals surface area contributed by atoms with E-state index < -0.39 is 5.97 Å². The molecule has 152 valence electrons. The van der Waals surface area contributed by atoms with Crippen molar-refractivity contribution < 1.29 is 19.2 Å². The number of fused-ring (bicyclic) bond motifs is 3. The van der Waals surface area contributed by atoms with Gasteiger partial charge in [0.2, 0.25) is 0 Å². The number of anilines is 1. The molecule has 2 aromatic rings. The van der Waals surface area contributed by atoms with Gasteiger partial charge in [0.05, 0.1) is 5.56 Å². The molecular weight excluding hydrogens is 390 g/mol. The number of hydrogen-bond donors (Lipinski definition) is 2. The zero-order valence-electron chi connectivity index (χ0n) is 16.3. The van der Waals surface area contributed by atoms with Gasteiger partial charge < -0.3 is 14.9 Å². The summed E-state index contributed by atoms with van der Waals surface area (Å²) in [5, 5.41) is 17.4. The van der Waals surface area contributed by atoms with Gasteiger partial charge in [-0.25, -0.2) is 4.79 Å². The van der Waals surface area contributed by atoms with E-state index in [9.17, 15) is 14.7 Å². The zero-order valence-corrected chi connectivity index (χ0v) is 17.1. The number of aryl methyl sites for hydroxylation is 2. The molecular formula is C21H23N3O4S. The molecule has 2 N–H and O–H groups in total. The molecule has 0 saturated heterocycles. The van der Waals surface area contributed by atoms with E-state index in [0.717, 1.165) is 56.9 Å². The number of aromatic nitrogens is 2. The lowest BCUT2D eigenvalue weighted by Gasteiger charge is -2.37. The lowest BCUT2D eigenvalue weighted by molar-refractivity contribution is -0.134. The number of aliphatic carboxylic acids is 1. The van der Waals surface area contributed by atoms with Gasteiger partial charge >= 0.3 is 5.97 Å². The van der Waals surface area contributed by atoms with E-state index >= 15 is 0 Å². The number of rotatable bonds is 4. The molecule has 4 aliphatic carbocycles. The first-order valence-corrected chi connectivity index (χ1v) is 11.1. The van der Waals surface area contributed by atoms with Gasteiger partial charge in [-0.3, -0.25) is 4.79 Å². The molecule has 0 unspecified atom stereocenters. The second-order valence-electron chi connectivity index (χ2n) is 8.20. The summed E-state index contributed by atoms with van der Waals surface area (Å²) in [6, 6.07) is 0. The standard InChI is InChI=1S/C21H23N3O4S/c1-10-22-19(28-24-10)17-13-4-2-3-5-14(13)29-20(17)23-18(25)15-11-6-8-12(9-7-11)16(15)21(26)27/h11-12H,2-9H2,1H3,(H,23,25)(H,26,27). The molecule has 2 heterocycles. The molecule has 0 spiro atoms. The van der Waals surface area contributed by atoms with Crippen LogP contribution < -0.4 is 5.32 Å². The van der Waals surface area contributed by atoms with Crippen LogP contribution >= 0.6 is 11.3 Å². The maximum atomic E-state index is 13.3. The van der Waals surface area contributed by atoms with Gasteiger partial charge in [0, 0.05) is 16.0 Å². The normalized spacial score (nSPS) is 23.2. The van der Waals surface area contributed by atoms with E-state index in [4.69, 9.17) is 4.52 Å². The third kappa shape index (κ3) is 3.10. The quantitative estimate of drug-likeness (QED) is 0.781. The predicted molar refractivity (Wildman–Crippen MR) is 108 cm³/mol. The lowest BCUT2D eigenvalue weighted by Crippen LogP contribution is -2.35. The van der Waals surface area contributed by atoms with Crippen molar-refractivity contribution >= 4 is 28.2 Å². The Balaban J connectivity index is 1.55.